The highest BCUT2D eigenvalue weighted by Gasteiger charge is 2.18. The van der Waals surface area contributed by atoms with Crippen molar-refractivity contribution in [2.24, 2.45) is 0 Å². The van der Waals surface area contributed by atoms with Gasteiger partial charge in [0.1, 0.15) is 5.76 Å². The van der Waals surface area contributed by atoms with Crippen LogP contribution in [0.15, 0.2) is 47.1 Å². The third-order valence-electron chi connectivity index (χ3n) is 3.70. The largest absolute Gasteiger partial charge is 0.469 e. The van der Waals surface area contributed by atoms with Gasteiger partial charge in [0.05, 0.1) is 11.8 Å². The van der Waals surface area contributed by atoms with Crippen LogP contribution in [0.25, 0.3) is 0 Å². The summed E-state index contributed by atoms with van der Waals surface area (Å²) in [6, 6.07) is 11.4. The summed E-state index contributed by atoms with van der Waals surface area (Å²) in [6.07, 6.45) is 1.78. The molecule has 0 atom stereocenters. The summed E-state index contributed by atoms with van der Waals surface area (Å²) >= 11 is 0. The SMILES string of the molecule is CCN(CCC(=O)NCc1ccccc1)C(=O)c1ccoc1C. The van der Waals surface area contributed by atoms with Crippen molar-refractivity contribution in [3.63, 3.8) is 0 Å². The first-order valence-electron chi connectivity index (χ1n) is 7.75. The third kappa shape index (κ3) is 4.71. The minimum Gasteiger partial charge on any atom is -0.469 e. The first-order valence-corrected chi connectivity index (χ1v) is 7.75. The number of aryl methyl sites for hydroxylation is 1. The molecule has 0 aliphatic carbocycles. The number of nitrogens with one attached hydrogen (secondary N) is 1. The van der Waals surface area contributed by atoms with Gasteiger partial charge in [0.15, 0.2) is 0 Å². The van der Waals surface area contributed by atoms with E-state index in [1.165, 1.54) is 6.26 Å². The van der Waals surface area contributed by atoms with E-state index in [2.05, 4.69) is 5.32 Å². The Morgan fingerprint density at radius 1 is 1.17 bits per heavy atom. The van der Waals surface area contributed by atoms with E-state index in [4.69, 9.17) is 4.42 Å². The van der Waals surface area contributed by atoms with E-state index in [0.29, 0.717) is 31.0 Å². The van der Waals surface area contributed by atoms with E-state index in [1.54, 1.807) is 17.9 Å². The van der Waals surface area contributed by atoms with Crippen LogP contribution < -0.4 is 5.32 Å². The molecule has 0 fully saturated rings. The maximum Gasteiger partial charge on any atom is 0.257 e. The first-order chi connectivity index (χ1) is 11.1. The molecule has 1 aromatic heterocycles. The number of rotatable bonds is 7. The number of hydrogen-bond donors (Lipinski definition) is 1. The number of nitrogens with zero attached hydrogens (tertiary/aromatic N) is 1. The second-order valence-electron chi connectivity index (χ2n) is 5.29. The molecule has 2 aromatic rings. The fraction of sp³-hybridized carbons (Fsp3) is 0.333. The molecule has 0 bridgehead atoms. The normalized spacial score (nSPS) is 10.3. The molecule has 2 amide bonds. The summed E-state index contributed by atoms with van der Waals surface area (Å²) in [5.41, 5.74) is 1.61. The number of furan rings is 1. The van der Waals surface area contributed by atoms with Crippen molar-refractivity contribution in [2.75, 3.05) is 13.1 Å². The number of carbonyl (C=O) groups is 2. The Balaban J connectivity index is 1.82. The molecule has 0 aliphatic rings. The zero-order valence-electron chi connectivity index (χ0n) is 13.5. The number of hydrogen-bond acceptors (Lipinski definition) is 3. The number of carbonyl (C=O) groups excluding carboxylic acids is 2. The van der Waals surface area contributed by atoms with Crippen molar-refractivity contribution >= 4 is 11.8 Å². The lowest BCUT2D eigenvalue weighted by Gasteiger charge is -2.20. The molecule has 23 heavy (non-hydrogen) atoms. The molecule has 1 N–H and O–H groups in total. The van der Waals surface area contributed by atoms with Gasteiger partial charge in [-0.25, -0.2) is 0 Å². The van der Waals surface area contributed by atoms with Crippen LogP contribution in [0.4, 0.5) is 0 Å². The van der Waals surface area contributed by atoms with Crippen LogP contribution in [0.3, 0.4) is 0 Å². The Kier molecular flexibility index (Phi) is 5.97. The fourth-order valence-electron chi connectivity index (χ4n) is 2.30. The molecular formula is C18H22N2O3. The van der Waals surface area contributed by atoms with Gasteiger partial charge in [-0.05, 0) is 25.5 Å². The molecule has 5 heteroatoms. The molecule has 2 rings (SSSR count). The van der Waals surface area contributed by atoms with Crippen molar-refractivity contribution in [3.8, 4) is 0 Å². The predicted octanol–water partition coefficient (Wildman–Crippen LogP) is 2.76. The topological polar surface area (TPSA) is 62.6 Å². The number of benzene rings is 1. The quantitative estimate of drug-likeness (QED) is 0.855. The van der Waals surface area contributed by atoms with Crippen LogP contribution in [-0.2, 0) is 11.3 Å². The summed E-state index contributed by atoms with van der Waals surface area (Å²) in [5, 5.41) is 2.87. The van der Waals surface area contributed by atoms with Crippen LogP contribution in [0, 0.1) is 6.92 Å². The maximum atomic E-state index is 12.4. The average molecular weight is 314 g/mol. The van der Waals surface area contributed by atoms with Gasteiger partial charge in [-0.3, -0.25) is 9.59 Å². The summed E-state index contributed by atoms with van der Waals surface area (Å²) in [6.45, 7) is 5.10. The van der Waals surface area contributed by atoms with E-state index >= 15 is 0 Å². The number of amides is 2. The standard InChI is InChI=1S/C18H22N2O3/c1-3-20(18(22)16-10-12-23-14(16)2)11-9-17(21)19-13-15-7-5-4-6-8-15/h4-8,10,12H,3,9,11,13H2,1-2H3,(H,19,21). The Morgan fingerprint density at radius 3 is 2.52 bits per heavy atom. The van der Waals surface area contributed by atoms with Gasteiger partial charge in [0, 0.05) is 26.1 Å². The summed E-state index contributed by atoms with van der Waals surface area (Å²) < 4.78 is 5.17. The van der Waals surface area contributed by atoms with Crippen LogP contribution in [0.2, 0.25) is 0 Å². The zero-order chi connectivity index (χ0) is 16.7. The monoisotopic (exact) mass is 314 g/mol. The molecule has 1 heterocycles. The van der Waals surface area contributed by atoms with E-state index in [9.17, 15) is 9.59 Å². The van der Waals surface area contributed by atoms with Gasteiger partial charge in [0.25, 0.3) is 5.91 Å². The van der Waals surface area contributed by atoms with Crippen molar-refractivity contribution < 1.29 is 14.0 Å². The van der Waals surface area contributed by atoms with Gasteiger partial charge in [0.2, 0.25) is 5.91 Å². The molecule has 0 unspecified atom stereocenters. The lowest BCUT2D eigenvalue weighted by atomic mass is 10.2. The first kappa shape index (κ1) is 16.8. The Morgan fingerprint density at radius 2 is 1.91 bits per heavy atom. The van der Waals surface area contributed by atoms with E-state index in [-0.39, 0.29) is 18.2 Å². The van der Waals surface area contributed by atoms with Gasteiger partial charge in [-0.1, -0.05) is 30.3 Å². The fourth-order valence-corrected chi connectivity index (χ4v) is 2.30. The van der Waals surface area contributed by atoms with Crippen molar-refractivity contribution in [1.29, 1.82) is 0 Å². The highest BCUT2D eigenvalue weighted by molar-refractivity contribution is 5.95. The highest BCUT2D eigenvalue weighted by atomic mass is 16.3. The lowest BCUT2D eigenvalue weighted by molar-refractivity contribution is -0.121. The summed E-state index contributed by atoms with van der Waals surface area (Å²) in [5.74, 6) is 0.431. The lowest BCUT2D eigenvalue weighted by Crippen LogP contribution is -2.35. The minimum atomic E-state index is -0.102. The minimum absolute atomic E-state index is 0.0657. The van der Waals surface area contributed by atoms with Gasteiger partial charge in [-0.15, -0.1) is 0 Å². The Hall–Kier alpha value is -2.56. The van der Waals surface area contributed by atoms with Gasteiger partial charge < -0.3 is 14.6 Å². The van der Waals surface area contributed by atoms with Gasteiger partial charge in [-0.2, -0.15) is 0 Å². The van der Waals surface area contributed by atoms with Crippen LogP contribution >= 0.6 is 0 Å². The zero-order valence-corrected chi connectivity index (χ0v) is 13.5. The van der Waals surface area contributed by atoms with Crippen molar-refractivity contribution in [3.05, 3.63) is 59.5 Å². The van der Waals surface area contributed by atoms with E-state index in [1.807, 2.05) is 37.3 Å². The smallest absolute Gasteiger partial charge is 0.257 e. The molecule has 0 saturated carbocycles. The van der Waals surface area contributed by atoms with E-state index in [0.717, 1.165) is 5.56 Å². The average Bonchev–Trinajstić information content (AvgIpc) is 3.00. The van der Waals surface area contributed by atoms with Crippen LogP contribution in [-0.4, -0.2) is 29.8 Å². The maximum absolute atomic E-state index is 12.4. The van der Waals surface area contributed by atoms with Crippen LogP contribution in [0.5, 0.6) is 0 Å². The molecule has 0 aliphatic heterocycles. The molecule has 1 aromatic carbocycles. The predicted molar refractivity (Wildman–Crippen MR) is 87.9 cm³/mol. The van der Waals surface area contributed by atoms with Crippen molar-refractivity contribution in [1.82, 2.24) is 10.2 Å². The third-order valence-corrected chi connectivity index (χ3v) is 3.70. The second kappa shape index (κ2) is 8.17. The van der Waals surface area contributed by atoms with Crippen LogP contribution in [0.1, 0.15) is 35.0 Å². The summed E-state index contributed by atoms with van der Waals surface area (Å²) in [7, 11) is 0. The van der Waals surface area contributed by atoms with E-state index < -0.39 is 0 Å². The Labute approximate surface area is 136 Å². The molecule has 5 nitrogen and oxygen atoms in total. The second-order valence-corrected chi connectivity index (χ2v) is 5.29. The summed E-state index contributed by atoms with van der Waals surface area (Å²) in [4.78, 5) is 26.0. The molecular weight excluding hydrogens is 292 g/mol. The highest BCUT2D eigenvalue weighted by Crippen LogP contribution is 2.12. The molecule has 0 spiro atoms. The van der Waals surface area contributed by atoms with Gasteiger partial charge >= 0.3 is 0 Å². The molecule has 0 radical (unpaired) electrons. The Bertz CT molecular complexity index is 649. The van der Waals surface area contributed by atoms with Crippen molar-refractivity contribution in [2.45, 2.75) is 26.8 Å². The molecule has 0 saturated heterocycles. The molecule has 122 valence electrons.